The second-order valence-electron chi connectivity index (χ2n) is 16.2. The lowest BCUT2D eigenvalue weighted by Gasteiger charge is -2.30. The van der Waals surface area contributed by atoms with Crippen LogP contribution in [0.1, 0.15) is 22.3 Å². The third-order valence-corrected chi connectivity index (χ3v) is 13.0. The number of hydrogen-bond donors (Lipinski definition) is 0. The molecule has 2 heterocycles. The van der Waals surface area contributed by atoms with Crippen molar-refractivity contribution in [2.75, 3.05) is 0 Å². The highest BCUT2D eigenvalue weighted by Gasteiger charge is 2.51. The highest BCUT2D eigenvalue weighted by atomic mass is 16.3. The predicted molar refractivity (Wildman–Crippen MR) is 251 cm³/mol. The lowest BCUT2D eigenvalue weighted by atomic mass is 9.70. The molecule has 2 aliphatic rings. The molecular weight excluding hydrogens is 755 g/mol. The van der Waals surface area contributed by atoms with Crippen LogP contribution in [-0.4, -0.2) is 15.0 Å². The number of nitrogens with zero attached hydrogens (tertiary/aromatic N) is 3. The molecule has 288 valence electrons. The highest BCUT2D eigenvalue weighted by Crippen LogP contribution is 2.63. The van der Waals surface area contributed by atoms with Gasteiger partial charge in [-0.1, -0.05) is 194 Å². The van der Waals surface area contributed by atoms with Crippen molar-refractivity contribution < 1.29 is 4.42 Å². The summed E-state index contributed by atoms with van der Waals surface area (Å²) in [6.45, 7) is 0. The Labute approximate surface area is 358 Å². The van der Waals surface area contributed by atoms with Crippen LogP contribution in [0.3, 0.4) is 0 Å². The van der Waals surface area contributed by atoms with Crippen molar-refractivity contribution in [3.63, 3.8) is 0 Å². The van der Waals surface area contributed by atoms with E-state index in [0.29, 0.717) is 17.5 Å². The van der Waals surface area contributed by atoms with E-state index >= 15 is 0 Å². The summed E-state index contributed by atoms with van der Waals surface area (Å²) < 4.78 is 6.31. The molecular formula is C58H35N3O. The molecule has 1 spiro atoms. The van der Waals surface area contributed by atoms with Crippen LogP contribution in [0.25, 0.3) is 101 Å². The van der Waals surface area contributed by atoms with Crippen molar-refractivity contribution in [2.45, 2.75) is 5.41 Å². The van der Waals surface area contributed by atoms with E-state index in [1.807, 2.05) is 42.5 Å². The smallest absolute Gasteiger partial charge is 0.164 e. The second kappa shape index (κ2) is 13.4. The molecule has 0 aliphatic heterocycles. The summed E-state index contributed by atoms with van der Waals surface area (Å²) in [6.07, 6.45) is 0. The van der Waals surface area contributed by atoms with E-state index in [0.717, 1.165) is 55.3 Å². The normalized spacial score (nSPS) is 13.0. The van der Waals surface area contributed by atoms with E-state index in [2.05, 4.69) is 170 Å². The van der Waals surface area contributed by atoms with Gasteiger partial charge in [0.1, 0.15) is 11.2 Å². The maximum absolute atomic E-state index is 6.31. The van der Waals surface area contributed by atoms with Gasteiger partial charge in [0.05, 0.1) is 5.41 Å². The van der Waals surface area contributed by atoms with Gasteiger partial charge in [-0.2, -0.15) is 0 Å². The van der Waals surface area contributed by atoms with Gasteiger partial charge in [0.2, 0.25) is 0 Å². The maximum Gasteiger partial charge on any atom is 0.164 e. The van der Waals surface area contributed by atoms with Crippen LogP contribution in [0.4, 0.5) is 0 Å². The summed E-state index contributed by atoms with van der Waals surface area (Å²) >= 11 is 0. The average molecular weight is 790 g/mol. The van der Waals surface area contributed by atoms with Crippen LogP contribution in [0, 0.1) is 0 Å². The van der Waals surface area contributed by atoms with E-state index in [4.69, 9.17) is 19.4 Å². The summed E-state index contributed by atoms with van der Waals surface area (Å²) in [5.74, 6) is 1.85. The van der Waals surface area contributed by atoms with Gasteiger partial charge in [-0.3, -0.25) is 0 Å². The van der Waals surface area contributed by atoms with Gasteiger partial charge in [0, 0.05) is 27.5 Å². The van der Waals surface area contributed by atoms with E-state index in [9.17, 15) is 0 Å². The zero-order valence-corrected chi connectivity index (χ0v) is 33.5. The second-order valence-corrected chi connectivity index (χ2v) is 16.2. The number of benzene rings is 9. The molecule has 0 unspecified atom stereocenters. The van der Waals surface area contributed by atoms with Gasteiger partial charge >= 0.3 is 0 Å². The van der Waals surface area contributed by atoms with E-state index in [1.54, 1.807) is 0 Å². The molecule has 2 aromatic heterocycles. The zero-order chi connectivity index (χ0) is 40.8. The molecule has 0 fully saturated rings. The summed E-state index contributed by atoms with van der Waals surface area (Å²) in [5.41, 5.74) is 19.0. The topological polar surface area (TPSA) is 51.8 Å². The van der Waals surface area contributed by atoms with Crippen molar-refractivity contribution in [1.29, 1.82) is 0 Å². The Morgan fingerprint density at radius 3 is 1.50 bits per heavy atom. The molecule has 0 N–H and O–H groups in total. The van der Waals surface area contributed by atoms with Gasteiger partial charge in [-0.05, 0) is 85.0 Å². The molecule has 13 rings (SSSR count). The van der Waals surface area contributed by atoms with E-state index < -0.39 is 5.41 Å². The fourth-order valence-electron chi connectivity index (χ4n) is 10.3. The van der Waals surface area contributed by atoms with Gasteiger partial charge < -0.3 is 4.42 Å². The van der Waals surface area contributed by atoms with Crippen LogP contribution >= 0.6 is 0 Å². The molecule has 9 aromatic carbocycles. The summed E-state index contributed by atoms with van der Waals surface area (Å²) in [5, 5.41) is 2.20. The number of aromatic nitrogens is 3. The van der Waals surface area contributed by atoms with Crippen LogP contribution in [0.2, 0.25) is 0 Å². The van der Waals surface area contributed by atoms with Crippen molar-refractivity contribution in [3.05, 3.63) is 235 Å². The van der Waals surface area contributed by atoms with Crippen molar-refractivity contribution in [1.82, 2.24) is 15.0 Å². The Morgan fingerprint density at radius 1 is 0.290 bits per heavy atom. The van der Waals surface area contributed by atoms with E-state index in [-0.39, 0.29) is 0 Å². The Hall–Kier alpha value is -8.21. The first-order chi connectivity index (χ1) is 30.7. The monoisotopic (exact) mass is 789 g/mol. The molecule has 62 heavy (non-hydrogen) atoms. The van der Waals surface area contributed by atoms with Crippen molar-refractivity contribution in [2.24, 2.45) is 0 Å². The number of hydrogen-bond acceptors (Lipinski definition) is 4. The first-order valence-corrected chi connectivity index (χ1v) is 21.1. The first-order valence-electron chi connectivity index (χ1n) is 21.1. The number of furan rings is 1. The number of para-hydroxylation sites is 1. The van der Waals surface area contributed by atoms with Gasteiger partial charge in [0.15, 0.2) is 17.5 Å². The fraction of sp³-hybridized carbons (Fsp3) is 0.0172. The van der Waals surface area contributed by atoms with Gasteiger partial charge in [0.25, 0.3) is 0 Å². The zero-order valence-electron chi connectivity index (χ0n) is 33.5. The summed E-state index contributed by atoms with van der Waals surface area (Å²) in [6, 6.07) is 75.6. The van der Waals surface area contributed by atoms with E-state index in [1.165, 1.54) is 50.1 Å². The van der Waals surface area contributed by atoms with Crippen LogP contribution in [0.5, 0.6) is 0 Å². The standard InChI is InChI=1S/C58H35N3O/c1-2-15-37(16-3-1)55-59-56(61-57(60-55)46-21-5-4-17-40(46)39-33-34-45-44-20-9-13-28-52(44)62-53(45)35-39)38-31-29-36(30-32-38)41-23-14-27-51-54(41)47-22-8-12-26-50(47)58(51)48-24-10-6-18-42(48)43-19-7-11-25-49(43)58/h1-35H. The molecule has 0 atom stereocenters. The Morgan fingerprint density at radius 2 is 0.774 bits per heavy atom. The summed E-state index contributed by atoms with van der Waals surface area (Å²) in [4.78, 5) is 15.5. The molecule has 0 radical (unpaired) electrons. The quantitative estimate of drug-likeness (QED) is 0.174. The van der Waals surface area contributed by atoms with Crippen molar-refractivity contribution in [3.8, 4) is 78.7 Å². The average Bonchev–Trinajstić information content (AvgIpc) is 3.98. The van der Waals surface area contributed by atoms with Crippen LogP contribution in [0.15, 0.2) is 217 Å². The molecule has 0 saturated heterocycles. The molecule has 4 heteroatoms. The SMILES string of the molecule is c1ccc(-c2nc(-c3ccc(-c4cccc5c4-c4ccccc4C54c5ccccc5-c5ccccc54)cc3)nc(-c3ccccc3-c3ccc4c(c3)oc3ccccc34)n2)cc1. The third-order valence-electron chi connectivity index (χ3n) is 13.0. The molecule has 0 saturated carbocycles. The van der Waals surface area contributed by atoms with Crippen LogP contribution in [-0.2, 0) is 5.41 Å². The van der Waals surface area contributed by atoms with Crippen LogP contribution < -0.4 is 0 Å². The minimum Gasteiger partial charge on any atom is -0.456 e. The molecule has 0 amide bonds. The minimum absolute atomic E-state index is 0.391. The Balaban J connectivity index is 0.941. The number of fused-ring (bicyclic) bond motifs is 13. The fourth-order valence-corrected chi connectivity index (χ4v) is 10.3. The predicted octanol–water partition coefficient (Wildman–Crippen LogP) is 14.4. The largest absolute Gasteiger partial charge is 0.456 e. The Kier molecular flexibility index (Phi) is 7.49. The molecule has 0 bridgehead atoms. The summed E-state index contributed by atoms with van der Waals surface area (Å²) in [7, 11) is 0. The van der Waals surface area contributed by atoms with Crippen molar-refractivity contribution >= 4 is 21.9 Å². The highest BCUT2D eigenvalue weighted by molar-refractivity contribution is 6.06. The van der Waals surface area contributed by atoms with Gasteiger partial charge in [-0.25, -0.2) is 15.0 Å². The number of rotatable bonds is 5. The molecule has 2 aliphatic carbocycles. The molecule has 4 nitrogen and oxygen atoms in total. The minimum atomic E-state index is -0.391. The lowest BCUT2D eigenvalue weighted by Crippen LogP contribution is -2.25. The maximum atomic E-state index is 6.31. The Bertz CT molecular complexity index is 3540. The lowest BCUT2D eigenvalue weighted by molar-refractivity contribution is 0.669. The third kappa shape index (κ3) is 4.98. The first kappa shape index (κ1) is 34.6. The molecule has 11 aromatic rings. The van der Waals surface area contributed by atoms with Gasteiger partial charge in [-0.15, -0.1) is 0 Å².